The summed E-state index contributed by atoms with van der Waals surface area (Å²) in [5.41, 5.74) is 0.313. The number of hydrogen-bond donors (Lipinski definition) is 2. The summed E-state index contributed by atoms with van der Waals surface area (Å²) in [6.07, 6.45) is 1.49. The number of nitrogens with zero attached hydrogens (tertiary/aromatic N) is 4. The SMILES string of the molecule is CNC(=O)CN(C)Cc1nc2c(cnn2C)c(=O)[nH]1. The number of nitrogens with one attached hydrogen (secondary N) is 2. The van der Waals surface area contributed by atoms with Crippen LogP contribution in [0.4, 0.5) is 0 Å². The van der Waals surface area contributed by atoms with Gasteiger partial charge in [-0.2, -0.15) is 5.10 Å². The Morgan fingerprint density at radius 1 is 1.58 bits per heavy atom. The molecule has 0 radical (unpaired) electrons. The van der Waals surface area contributed by atoms with Crippen molar-refractivity contribution >= 4 is 16.9 Å². The Hall–Kier alpha value is -2.22. The second-order valence-corrected chi connectivity index (χ2v) is 4.36. The van der Waals surface area contributed by atoms with Crippen molar-refractivity contribution in [3.05, 3.63) is 22.4 Å². The van der Waals surface area contributed by atoms with Crippen molar-refractivity contribution in [2.45, 2.75) is 6.54 Å². The van der Waals surface area contributed by atoms with Gasteiger partial charge in [-0.3, -0.25) is 19.2 Å². The predicted molar refractivity (Wildman–Crippen MR) is 69.5 cm³/mol. The quantitative estimate of drug-likeness (QED) is 0.726. The van der Waals surface area contributed by atoms with E-state index in [0.717, 1.165) is 0 Å². The fraction of sp³-hybridized carbons (Fsp3) is 0.455. The first-order chi connectivity index (χ1) is 9.01. The van der Waals surface area contributed by atoms with E-state index in [0.29, 0.717) is 23.4 Å². The summed E-state index contributed by atoms with van der Waals surface area (Å²) in [7, 11) is 5.09. The molecular weight excluding hydrogens is 248 g/mol. The first-order valence-corrected chi connectivity index (χ1v) is 5.81. The van der Waals surface area contributed by atoms with E-state index in [1.54, 1.807) is 30.7 Å². The summed E-state index contributed by atoms with van der Waals surface area (Å²) in [4.78, 5) is 31.9. The summed E-state index contributed by atoms with van der Waals surface area (Å²) in [6, 6.07) is 0. The number of H-pyrrole nitrogens is 1. The van der Waals surface area contributed by atoms with Gasteiger partial charge in [0.25, 0.3) is 5.56 Å². The van der Waals surface area contributed by atoms with Crippen molar-refractivity contribution in [1.82, 2.24) is 30.0 Å². The lowest BCUT2D eigenvalue weighted by Crippen LogP contribution is -2.33. The zero-order chi connectivity index (χ0) is 14.0. The normalized spacial score (nSPS) is 11.2. The Morgan fingerprint density at radius 2 is 2.32 bits per heavy atom. The van der Waals surface area contributed by atoms with Gasteiger partial charge >= 0.3 is 0 Å². The molecule has 102 valence electrons. The van der Waals surface area contributed by atoms with Gasteiger partial charge in [0, 0.05) is 14.1 Å². The summed E-state index contributed by atoms with van der Waals surface area (Å²) in [5, 5.41) is 6.99. The third kappa shape index (κ3) is 2.79. The number of amides is 1. The van der Waals surface area contributed by atoms with E-state index >= 15 is 0 Å². The molecule has 0 fully saturated rings. The van der Waals surface area contributed by atoms with Crippen LogP contribution in [0.25, 0.3) is 11.0 Å². The molecule has 2 aromatic rings. The number of aromatic nitrogens is 4. The molecule has 0 atom stereocenters. The Balaban J connectivity index is 2.23. The minimum absolute atomic E-state index is 0.0912. The maximum atomic E-state index is 11.8. The molecular formula is C11H16N6O2. The molecule has 0 saturated carbocycles. The molecule has 2 heterocycles. The van der Waals surface area contributed by atoms with Crippen LogP contribution < -0.4 is 10.9 Å². The molecule has 0 aromatic carbocycles. The van der Waals surface area contributed by atoms with E-state index in [1.165, 1.54) is 6.20 Å². The molecule has 0 bridgehead atoms. The third-order valence-electron chi connectivity index (χ3n) is 2.76. The third-order valence-corrected chi connectivity index (χ3v) is 2.76. The number of carbonyl (C=O) groups excluding carboxylic acids is 1. The molecule has 0 spiro atoms. The fourth-order valence-corrected chi connectivity index (χ4v) is 1.79. The van der Waals surface area contributed by atoms with Gasteiger partial charge in [0.15, 0.2) is 5.65 Å². The van der Waals surface area contributed by atoms with Gasteiger partial charge in [0.1, 0.15) is 11.2 Å². The van der Waals surface area contributed by atoms with Gasteiger partial charge in [-0.25, -0.2) is 4.98 Å². The van der Waals surface area contributed by atoms with Crippen LogP contribution in [-0.2, 0) is 18.4 Å². The van der Waals surface area contributed by atoms with Crippen molar-refractivity contribution in [2.75, 3.05) is 20.6 Å². The number of likely N-dealkylation sites (N-methyl/N-ethyl adjacent to an activating group) is 2. The lowest BCUT2D eigenvalue weighted by molar-refractivity contribution is -0.121. The van der Waals surface area contributed by atoms with Crippen LogP contribution in [-0.4, -0.2) is 51.2 Å². The monoisotopic (exact) mass is 264 g/mol. The van der Waals surface area contributed by atoms with E-state index in [2.05, 4.69) is 20.4 Å². The van der Waals surface area contributed by atoms with Crippen molar-refractivity contribution < 1.29 is 4.79 Å². The molecule has 8 nitrogen and oxygen atoms in total. The Morgan fingerprint density at radius 3 is 3.00 bits per heavy atom. The molecule has 0 aliphatic carbocycles. The molecule has 1 amide bonds. The zero-order valence-electron chi connectivity index (χ0n) is 11.1. The zero-order valence-corrected chi connectivity index (χ0v) is 11.1. The number of fused-ring (bicyclic) bond motifs is 1. The topological polar surface area (TPSA) is 95.9 Å². The molecule has 2 rings (SSSR count). The van der Waals surface area contributed by atoms with Crippen LogP contribution in [0.1, 0.15) is 5.82 Å². The Bertz CT molecular complexity index is 659. The summed E-state index contributed by atoms with van der Waals surface area (Å²) < 4.78 is 1.55. The standard InChI is InChI=1S/C11H16N6O2/c1-12-9(18)6-16(2)5-8-14-10-7(11(19)15-8)4-13-17(10)3/h4H,5-6H2,1-3H3,(H,12,18)(H,14,15,19). The lowest BCUT2D eigenvalue weighted by Gasteiger charge is -2.14. The van der Waals surface area contributed by atoms with Crippen molar-refractivity contribution in [1.29, 1.82) is 0 Å². The lowest BCUT2D eigenvalue weighted by atomic mass is 10.4. The van der Waals surface area contributed by atoms with Crippen molar-refractivity contribution in [2.24, 2.45) is 7.05 Å². The van der Waals surface area contributed by atoms with Crippen molar-refractivity contribution in [3.63, 3.8) is 0 Å². The van der Waals surface area contributed by atoms with E-state index in [-0.39, 0.29) is 18.0 Å². The number of aryl methyl sites for hydroxylation is 1. The molecule has 8 heteroatoms. The van der Waals surface area contributed by atoms with Gasteiger partial charge in [0.2, 0.25) is 5.91 Å². The summed E-state index contributed by atoms with van der Waals surface area (Å²) >= 11 is 0. The van der Waals surface area contributed by atoms with Crippen LogP contribution >= 0.6 is 0 Å². The van der Waals surface area contributed by atoms with Crippen molar-refractivity contribution in [3.8, 4) is 0 Å². The Labute approximate surface area is 109 Å². The van der Waals surface area contributed by atoms with Crippen LogP contribution in [0.2, 0.25) is 0 Å². The second kappa shape index (κ2) is 5.19. The number of carbonyl (C=O) groups is 1. The first kappa shape index (κ1) is 13.2. The van der Waals surface area contributed by atoms with Crippen LogP contribution in [0.15, 0.2) is 11.0 Å². The minimum Gasteiger partial charge on any atom is -0.358 e. The molecule has 19 heavy (non-hydrogen) atoms. The largest absolute Gasteiger partial charge is 0.358 e. The van der Waals surface area contributed by atoms with E-state index < -0.39 is 0 Å². The minimum atomic E-state index is -0.221. The number of aromatic amines is 1. The highest BCUT2D eigenvalue weighted by Gasteiger charge is 2.11. The van der Waals surface area contributed by atoms with Crippen LogP contribution in [0.5, 0.6) is 0 Å². The van der Waals surface area contributed by atoms with E-state index in [4.69, 9.17) is 0 Å². The molecule has 0 aliphatic heterocycles. The van der Waals surface area contributed by atoms with Gasteiger partial charge in [-0.1, -0.05) is 0 Å². The smallest absolute Gasteiger partial charge is 0.262 e. The first-order valence-electron chi connectivity index (χ1n) is 5.81. The maximum Gasteiger partial charge on any atom is 0.262 e. The molecule has 2 aromatic heterocycles. The van der Waals surface area contributed by atoms with Gasteiger partial charge in [-0.05, 0) is 7.05 Å². The summed E-state index contributed by atoms with van der Waals surface area (Å²) in [5.74, 6) is 0.416. The van der Waals surface area contributed by atoms with Gasteiger partial charge in [-0.15, -0.1) is 0 Å². The van der Waals surface area contributed by atoms with Crippen LogP contribution in [0.3, 0.4) is 0 Å². The average molecular weight is 264 g/mol. The van der Waals surface area contributed by atoms with Crippen LogP contribution in [0, 0.1) is 0 Å². The molecule has 0 saturated heterocycles. The highest BCUT2D eigenvalue weighted by atomic mass is 16.2. The highest BCUT2D eigenvalue weighted by Crippen LogP contribution is 2.05. The van der Waals surface area contributed by atoms with Gasteiger partial charge < -0.3 is 10.3 Å². The molecule has 2 N–H and O–H groups in total. The number of rotatable bonds is 4. The van der Waals surface area contributed by atoms with E-state index in [9.17, 15) is 9.59 Å². The van der Waals surface area contributed by atoms with Gasteiger partial charge in [0.05, 0.1) is 19.3 Å². The maximum absolute atomic E-state index is 11.8. The second-order valence-electron chi connectivity index (χ2n) is 4.36. The predicted octanol–water partition coefficient (Wildman–Crippen LogP) is -1.17. The van der Waals surface area contributed by atoms with E-state index in [1.807, 2.05) is 0 Å². The molecule has 0 aliphatic rings. The molecule has 0 unspecified atom stereocenters. The number of hydrogen-bond acceptors (Lipinski definition) is 5. The fourth-order valence-electron chi connectivity index (χ4n) is 1.79. The summed E-state index contributed by atoms with van der Waals surface area (Å²) in [6.45, 7) is 0.618. The highest BCUT2D eigenvalue weighted by molar-refractivity contribution is 5.77. The Kier molecular flexibility index (Phi) is 3.61. The average Bonchev–Trinajstić information content (AvgIpc) is 2.71.